The minimum absolute atomic E-state index is 0.0264. The molecular weight excluding hydrogens is 339 g/mol. The van der Waals surface area contributed by atoms with Crippen LogP contribution in [-0.2, 0) is 23.1 Å². The van der Waals surface area contributed by atoms with Crippen molar-refractivity contribution in [2.24, 2.45) is 5.92 Å². The van der Waals surface area contributed by atoms with Gasteiger partial charge in [0, 0.05) is 7.11 Å². The average Bonchev–Trinajstić information content (AvgIpc) is 2.73. The van der Waals surface area contributed by atoms with Crippen LogP contribution in [0, 0.1) is 5.92 Å². The predicted molar refractivity (Wildman–Crippen MR) is 101 cm³/mol. The highest BCUT2D eigenvalue weighted by atomic mass is 31.2. The summed E-state index contributed by atoms with van der Waals surface area (Å²) in [4.78, 5) is 12.2. The third-order valence-corrected chi connectivity index (χ3v) is 6.82. The fourth-order valence-corrected chi connectivity index (χ4v) is 4.90. The Kier molecular flexibility index (Phi) is 10.4. The van der Waals surface area contributed by atoms with Crippen molar-refractivity contribution in [1.82, 2.24) is 0 Å². The summed E-state index contributed by atoms with van der Waals surface area (Å²) in [6.07, 6.45) is 11.8. The smallest absolute Gasteiger partial charge is 0.378 e. The largest absolute Gasteiger partial charge is 0.466 e. The molecule has 0 amide bonds. The van der Waals surface area contributed by atoms with Crippen LogP contribution in [0.2, 0.25) is 0 Å². The number of ether oxygens (including phenoxy) is 1. The van der Waals surface area contributed by atoms with Crippen LogP contribution in [0.5, 0.6) is 0 Å². The standard InChI is InChI=1S/C19H35O5P/c1-5-6-7-8-9-10-11-12-13-17-14-15-25(21,23-4)24-16(2)18(17)19(20)22-3/h17H,5-15H2,1-4H3/t17-,25+/m0/s1. The molecule has 0 fully saturated rings. The van der Waals surface area contributed by atoms with Crippen LogP contribution in [0.1, 0.15) is 78.1 Å². The number of allylic oxidation sites excluding steroid dienone is 1. The zero-order chi connectivity index (χ0) is 18.7. The van der Waals surface area contributed by atoms with Gasteiger partial charge in [-0.1, -0.05) is 58.3 Å². The summed E-state index contributed by atoms with van der Waals surface area (Å²) in [5, 5.41) is 0. The van der Waals surface area contributed by atoms with Crippen LogP contribution in [-0.4, -0.2) is 26.4 Å². The Hall–Kier alpha value is -0.800. The molecule has 0 bridgehead atoms. The van der Waals surface area contributed by atoms with Gasteiger partial charge in [-0.2, -0.15) is 0 Å². The van der Waals surface area contributed by atoms with Gasteiger partial charge in [-0.3, -0.25) is 0 Å². The molecule has 0 aromatic rings. The molecule has 0 aliphatic carbocycles. The predicted octanol–water partition coefficient (Wildman–Crippen LogP) is 5.84. The second-order valence-corrected chi connectivity index (χ2v) is 9.04. The number of hydrogen-bond acceptors (Lipinski definition) is 5. The molecule has 0 spiro atoms. The van der Waals surface area contributed by atoms with Crippen molar-refractivity contribution in [1.29, 1.82) is 0 Å². The van der Waals surface area contributed by atoms with Crippen LogP contribution in [0.3, 0.4) is 0 Å². The van der Waals surface area contributed by atoms with E-state index in [2.05, 4.69) is 6.92 Å². The molecule has 0 N–H and O–H groups in total. The van der Waals surface area contributed by atoms with Gasteiger partial charge in [-0.15, -0.1) is 0 Å². The van der Waals surface area contributed by atoms with Crippen molar-refractivity contribution >= 4 is 13.6 Å². The first-order valence-electron chi connectivity index (χ1n) is 9.61. The number of hydrogen-bond donors (Lipinski definition) is 0. The van der Waals surface area contributed by atoms with E-state index in [9.17, 15) is 9.36 Å². The van der Waals surface area contributed by atoms with Gasteiger partial charge in [0.05, 0.1) is 18.8 Å². The molecule has 0 saturated heterocycles. The Balaban J connectivity index is 2.56. The minimum atomic E-state index is -3.15. The molecule has 0 radical (unpaired) electrons. The number of unbranched alkanes of at least 4 members (excludes halogenated alkanes) is 7. The summed E-state index contributed by atoms with van der Waals surface area (Å²) < 4.78 is 28.0. The maximum Gasteiger partial charge on any atom is 0.378 e. The normalized spacial score (nSPS) is 23.9. The van der Waals surface area contributed by atoms with Crippen molar-refractivity contribution in [2.75, 3.05) is 20.4 Å². The maximum atomic E-state index is 12.5. The van der Waals surface area contributed by atoms with Crippen molar-refractivity contribution in [3.8, 4) is 0 Å². The zero-order valence-electron chi connectivity index (χ0n) is 16.3. The van der Waals surface area contributed by atoms with E-state index < -0.39 is 7.60 Å². The molecule has 0 aromatic heterocycles. The molecular formula is C19H35O5P. The lowest BCUT2D eigenvalue weighted by molar-refractivity contribution is -0.137. The number of carbonyl (C=O) groups is 1. The molecule has 1 aliphatic heterocycles. The monoisotopic (exact) mass is 374 g/mol. The highest BCUT2D eigenvalue weighted by Crippen LogP contribution is 2.54. The highest BCUT2D eigenvalue weighted by Gasteiger charge is 2.35. The molecule has 2 atom stereocenters. The van der Waals surface area contributed by atoms with Crippen LogP contribution >= 0.6 is 7.60 Å². The molecule has 5 nitrogen and oxygen atoms in total. The highest BCUT2D eigenvalue weighted by molar-refractivity contribution is 7.53. The van der Waals surface area contributed by atoms with Gasteiger partial charge in [0.1, 0.15) is 5.76 Å². The Bertz CT molecular complexity index is 486. The van der Waals surface area contributed by atoms with Crippen molar-refractivity contribution in [3.05, 3.63) is 11.3 Å². The molecule has 1 aliphatic rings. The van der Waals surface area contributed by atoms with Crippen LogP contribution in [0.4, 0.5) is 0 Å². The van der Waals surface area contributed by atoms with Crippen LogP contribution < -0.4 is 0 Å². The second-order valence-electron chi connectivity index (χ2n) is 6.82. The topological polar surface area (TPSA) is 61.8 Å². The molecule has 25 heavy (non-hydrogen) atoms. The lowest BCUT2D eigenvalue weighted by Gasteiger charge is -2.17. The number of carbonyl (C=O) groups excluding carboxylic acids is 1. The molecule has 1 rings (SSSR count). The van der Waals surface area contributed by atoms with E-state index in [0.717, 1.165) is 12.8 Å². The lowest BCUT2D eigenvalue weighted by atomic mass is 9.89. The first-order chi connectivity index (χ1) is 12.0. The molecule has 0 saturated carbocycles. The number of esters is 1. The van der Waals surface area contributed by atoms with Crippen molar-refractivity contribution in [2.45, 2.75) is 78.1 Å². The van der Waals surface area contributed by atoms with E-state index in [1.54, 1.807) is 6.92 Å². The van der Waals surface area contributed by atoms with Crippen molar-refractivity contribution in [3.63, 3.8) is 0 Å². The third-order valence-electron chi connectivity index (χ3n) is 4.90. The number of rotatable bonds is 11. The molecule has 6 heteroatoms. The summed E-state index contributed by atoms with van der Waals surface area (Å²) in [6, 6.07) is 0. The summed E-state index contributed by atoms with van der Waals surface area (Å²) in [5.41, 5.74) is 0.528. The average molecular weight is 374 g/mol. The Morgan fingerprint density at radius 2 is 1.72 bits per heavy atom. The van der Waals surface area contributed by atoms with Crippen LogP contribution in [0.15, 0.2) is 11.3 Å². The summed E-state index contributed by atoms with van der Waals surface area (Å²) in [7, 11) is -0.380. The van der Waals surface area contributed by atoms with Gasteiger partial charge in [-0.05, 0) is 25.7 Å². The summed E-state index contributed by atoms with van der Waals surface area (Å²) in [5.74, 6) is 0.0317. The molecule has 0 aromatic carbocycles. The van der Waals surface area contributed by atoms with Gasteiger partial charge >= 0.3 is 13.6 Å². The van der Waals surface area contributed by atoms with Gasteiger partial charge in [0.2, 0.25) is 0 Å². The maximum absolute atomic E-state index is 12.5. The first kappa shape index (κ1) is 22.2. The fraction of sp³-hybridized carbons (Fsp3) is 0.842. The Morgan fingerprint density at radius 3 is 2.28 bits per heavy atom. The van der Waals surface area contributed by atoms with Gasteiger partial charge in [-0.25, -0.2) is 9.36 Å². The molecule has 0 unspecified atom stereocenters. The van der Waals surface area contributed by atoms with Gasteiger partial charge < -0.3 is 13.8 Å². The lowest BCUT2D eigenvalue weighted by Crippen LogP contribution is -2.16. The quantitative estimate of drug-likeness (QED) is 0.258. The van der Waals surface area contributed by atoms with Gasteiger partial charge in [0.25, 0.3) is 0 Å². The fourth-order valence-electron chi connectivity index (χ4n) is 3.41. The van der Waals surface area contributed by atoms with E-state index in [0.29, 0.717) is 23.9 Å². The summed E-state index contributed by atoms with van der Waals surface area (Å²) in [6.45, 7) is 3.91. The summed E-state index contributed by atoms with van der Waals surface area (Å²) >= 11 is 0. The molecule has 1 heterocycles. The minimum Gasteiger partial charge on any atom is -0.466 e. The SMILES string of the molecule is CCCCCCCCCC[C@H]1CC[P@@](=O)(OC)OC(C)=C1C(=O)OC. The number of methoxy groups -OCH3 is 1. The van der Waals surface area contributed by atoms with Gasteiger partial charge in [0.15, 0.2) is 0 Å². The van der Waals surface area contributed by atoms with E-state index >= 15 is 0 Å². The van der Waals surface area contributed by atoms with E-state index in [1.165, 1.54) is 59.2 Å². The molecule has 146 valence electrons. The van der Waals surface area contributed by atoms with E-state index in [1.807, 2.05) is 0 Å². The second kappa shape index (κ2) is 11.7. The van der Waals surface area contributed by atoms with Crippen molar-refractivity contribution < 1.29 is 23.1 Å². The Labute approximate surface area is 153 Å². The van der Waals surface area contributed by atoms with E-state index in [-0.39, 0.29) is 11.9 Å². The Morgan fingerprint density at radius 1 is 1.12 bits per heavy atom. The third kappa shape index (κ3) is 7.53. The zero-order valence-corrected chi connectivity index (χ0v) is 17.2. The van der Waals surface area contributed by atoms with E-state index in [4.69, 9.17) is 13.8 Å². The first-order valence-corrected chi connectivity index (χ1v) is 11.3. The van der Waals surface area contributed by atoms with Crippen LogP contribution in [0.25, 0.3) is 0 Å².